The molecule has 0 aliphatic carbocycles. The van der Waals surface area contributed by atoms with Crippen molar-refractivity contribution in [3.8, 4) is 0 Å². The number of nitrogens with zero attached hydrogens (tertiary/aromatic N) is 5. The molecule has 2 aromatic heterocycles. The van der Waals surface area contributed by atoms with Gasteiger partial charge in [0.05, 0.1) is 24.4 Å². The molecule has 14 nitrogen and oxygen atoms in total. The number of aliphatic hydroxyl groups is 2. The van der Waals surface area contributed by atoms with E-state index in [0.717, 1.165) is 11.3 Å². The Kier molecular flexibility index (Phi) is 9.00. The van der Waals surface area contributed by atoms with E-state index in [1.807, 2.05) is 4.90 Å². The molecule has 1 saturated heterocycles. The Hall–Kier alpha value is -1.68. The van der Waals surface area contributed by atoms with Crippen LogP contribution in [0.1, 0.15) is 40.8 Å². The third-order valence-corrected chi connectivity index (χ3v) is 7.09. The number of piperidine rings is 1. The quantitative estimate of drug-likeness (QED) is 0.255. The fraction of sp³-hybridized carbons (Fsp3) is 0.647. The number of ether oxygens (including phenoxy) is 1. The lowest BCUT2D eigenvalue weighted by molar-refractivity contribution is 0.0532. The van der Waals surface area contributed by atoms with Gasteiger partial charge in [-0.05, 0) is 12.8 Å². The predicted molar refractivity (Wildman–Crippen MR) is 121 cm³/mol. The summed E-state index contributed by atoms with van der Waals surface area (Å²) in [5.41, 5.74) is 0.399. The van der Waals surface area contributed by atoms with Gasteiger partial charge in [-0.1, -0.05) is 29.9 Å². The van der Waals surface area contributed by atoms with Gasteiger partial charge in [0.1, 0.15) is 17.8 Å². The van der Waals surface area contributed by atoms with Crippen molar-refractivity contribution in [3.63, 3.8) is 0 Å². The van der Waals surface area contributed by atoms with E-state index in [-0.39, 0.29) is 11.0 Å². The first-order valence-corrected chi connectivity index (χ1v) is 13.0. The average Bonchev–Trinajstić information content (AvgIpc) is 3.41. The summed E-state index contributed by atoms with van der Waals surface area (Å²) in [5.74, 6) is -0.736. The van der Waals surface area contributed by atoms with Gasteiger partial charge in [0.2, 0.25) is 11.0 Å². The molecule has 1 amide bonds. The van der Waals surface area contributed by atoms with Crippen molar-refractivity contribution >= 4 is 41.8 Å². The summed E-state index contributed by atoms with van der Waals surface area (Å²) in [4.78, 5) is 37.1. The van der Waals surface area contributed by atoms with Crippen LogP contribution in [0.3, 0.4) is 0 Å². The highest BCUT2D eigenvalue weighted by molar-refractivity contribution is 7.46. The number of imidazole rings is 1. The van der Waals surface area contributed by atoms with E-state index in [1.54, 1.807) is 6.92 Å². The molecular formula is C17H26ClN6O8PS. The first kappa shape index (κ1) is 26.9. The molecule has 3 rings (SSSR count). The molecule has 0 saturated carbocycles. The number of phosphoric acid groups is 1. The summed E-state index contributed by atoms with van der Waals surface area (Å²) in [7, 11) is -3.27. The van der Waals surface area contributed by atoms with E-state index < -0.39 is 45.3 Å². The highest BCUT2D eigenvalue weighted by Crippen LogP contribution is 2.37. The number of aromatic nitrogens is 4. The molecule has 0 spiro atoms. The van der Waals surface area contributed by atoms with Crippen LogP contribution in [0.15, 0.2) is 0 Å². The first-order chi connectivity index (χ1) is 16.1. The largest absolute Gasteiger partial charge is 0.471 e. The average molecular weight is 541 g/mol. The third-order valence-electron chi connectivity index (χ3n) is 5.25. The molecule has 2 aromatic rings. The van der Waals surface area contributed by atoms with Crippen molar-refractivity contribution in [2.45, 2.75) is 44.7 Å². The number of halogens is 1. The zero-order valence-electron chi connectivity index (χ0n) is 18.4. The van der Waals surface area contributed by atoms with E-state index in [4.69, 9.17) is 31.2 Å². The normalized spacial score (nSPS) is 19.9. The lowest BCUT2D eigenvalue weighted by Crippen LogP contribution is -2.55. The lowest BCUT2D eigenvalue weighted by atomic mass is 10.0. The Balaban J connectivity index is 1.72. The Bertz CT molecular complexity index is 1050. The van der Waals surface area contributed by atoms with Crippen molar-refractivity contribution < 1.29 is 38.6 Å². The zero-order valence-corrected chi connectivity index (χ0v) is 20.8. The predicted octanol–water partition coefficient (Wildman–Crippen LogP) is 0.0666. The molecule has 1 aliphatic heterocycles. The van der Waals surface area contributed by atoms with Gasteiger partial charge in [0, 0.05) is 20.2 Å². The number of anilines is 1. The summed E-state index contributed by atoms with van der Waals surface area (Å²) >= 11 is 7.28. The van der Waals surface area contributed by atoms with Crippen molar-refractivity contribution in [1.82, 2.24) is 25.1 Å². The summed E-state index contributed by atoms with van der Waals surface area (Å²) in [5, 5.41) is 30.5. The molecule has 1 aliphatic rings. The SMILES string of the molecule is CCc1c(Cl)nc(C(=O)N[C@@H]2CCN(c3nnc(C(O)CO)s3)C[C@@H]2OC)n1COP(=O)(O)O. The zero-order chi connectivity index (χ0) is 25.0. The van der Waals surface area contributed by atoms with E-state index in [2.05, 4.69) is 25.0 Å². The summed E-state index contributed by atoms with van der Waals surface area (Å²) in [6.07, 6.45) is -0.684. The van der Waals surface area contributed by atoms with Crippen molar-refractivity contribution in [2.75, 3.05) is 31.7 Å². The molecule has 0 bridgehead atoms. The number of nitrogens with one attached hydrogen (secondary N) is 1. The topological polar surface area (TPSA) is 192 Å². The van der Waals surface area contributed by atoms with E-state index in [0.29, 0.717) is 41.8 Å². The van der Waals surface area contributed by atoms with Gasteiger partial charge < -0.3 is 35.0 Å². The van der Waals surface area contributed by atoms with E-state index in [9.17, 15) is 14.5 Å². The lowest BCUT2D eigenvalue weighted by Gasteiger charge is -2.37. The van der Waals surface area contributed by atoms with E-state index in [1.165, 1.54) is 11.7 Å². The second-order valence-electron chi connectivity index (χ2n) is 7.41. The molecule has 34 heavy (non-hydrogen) atoms. The fourth-order valence-corrected chi connectivity index (χ4v) is 4.97. The minimum Gasteiger partial charge on any atom is -0.393 e. The number of amides is 1. The summed E-state index contributed by atoms with van der Waals surface area (Å²) < 4.78 is 22.5. The van der Waals surface area contributed by atoms with Gasteiger partial charge in [-0.25, -0.2) is 9.55 Å². The number of rotatable bonds is 10. The van der Waals surface area contributed by atoms with Crippen LogP contribution in [0.2, 0.25) is 5.15 Å². The van der Waals surface area contributed by atoms with Crippen molar-refractivity contribution in [2.24, 2.45) is 0 Å². The Morgan fingerprint density at radius 2 is 2.15 bits per heavy atom. The molecule has 1 fully saturated rings. The van der Waals surface area contributed by atoms with Crippen LogP contribution in [0.5, 0.6) is 0 Å². The maximum Gasteiger partial charge on any atom is 0.471 e. The highest BCUT2D eigenvalue weighted by Gasteiger charge is 2.34. The minimum absolute atomic E-state index is 0.0391. The maximum absolute atomic E-state index is 13.0. The number of phosphoric ester groups is 1. The number of hydrogen-bond acceptors (Lipinski definition) is 11. The van der Waals surface area contributed by atoms with Gasteiger partial charge >= 0.3 is 7.82 Å². The Morgan fingerprint density at radius 3 is 2.76 bits per heavy atom. The van der Waals surface area contributed by atoms with Gasteiger partial charge in [0.15, 0.2) is 5.15 Å². The second-order valence-corrected chi connectivity index (χ2v) is 10.00. The van der Waals surface area contributed by atoms with Gasteiger partial charge in [-0.15, -0.1) is 10.2 Å². The van der Waals surface area contributed by atoms with Crippen LogP contribution in [-0.2, 0) is 27.0 Å². The van der Waals surface area contributed by atoms with Crippen molar-refractivity contribution in [1.29, 1.82) is 0 Å². The number of methoxy groups -OCH3 is 1. The highest BCUT2D eigenvalue weighted by atomic mass is 35.5. The summed E-state index contributed by atoms with van der Waals surface area (Å²) in [6, 6.07) is -0.402. The molecular weight excluding hydrogens is 515 g/mol. The standard InChI is InChI=1S/C17H26ClN6O8PS/c1-3-10-13(18)20-14(24(10)8-32-33(28,29)30)15(27)19-9-4-5-23(6-12(9)31-2)17-22-21-16(34-17)11(26)7-25/h9,11-12,25-26H,3-8H2,1-2H3,(H,19,27)(H2,28,29,30)/t9-,11?,12+/m1/s1. The Morgan fingerprint density at radius 1 is 1.41 bits per heavy atom. The van der Waals surface area contributed by atoms with Gasteiger partial charge in [0.25, 0.3) is 5.91 Å². The Labute approximate surface area is 203 Å². The molecule has 1 unspecified atom stereocenters. The monoisotopic (exact) mass is 540 g/mol. The van der Waals surface area contributed by atoms with Crippen LogP contribution < -0.4 is 10.2 Å². The maximum atomic E-state index is 13.0. The molecule has 3 atom stereocenters. The van der Waals surface area contributed by atoms with E-state index >= 15 is 0 Å². The third kappa shape index (κ3) is 6.30. The minimum atomic E-state index is -4.78. The van der Waals surface area contributed by atoms with Crippen molar-refractivity contribution in [3.05, 3.63) is 21.7 Å². The molecule has 3 heterocycles. The molecule has 190 valence electrons. The van der Waals surface area contributed by atoms with Gasteiger partial charge in [-0.2, -0.15) is 0 Å². The second kappa shape index (κ2) is 11.4. The molecule has 0 radical (unpaired) electrons. The molecule has 5 N–H and O–H groups in total. The molecule has 0 aromatic carbocycles. The number of carbonyl (C=O) groups is 1. The fourth-order valence-electron chi connectivity index (χ4n) is 3.53. The number of aliphatic hydroxyl groups excluding tert-OH is 2. The van der Waals surface area contributed by atoms with Crippen LogP contribution >= 0.6 is 30.8 Å². The summed E-state index contributed by atoms with van der Waals surface area (Å²) in [6.45, 7) is 1.59. The number of carbonyl (C=O) groups excluding carboxylic acids is 1. The van der Waals surface area contributed by atoms with Crippen LogP contribution in [0, 0.1) is 0 Å². The van der Waals surface area contributed by atoms with Crippen LogP contribution in [0.25, 0.3) is 0 Å². The van der Waals surface area contributed by atoms with Crippen LogP contribution in [-0.4, -0.2) is 84.6 Å². The smallest absolute Gasteiger partial charge is 0.393 e. The van der Waals surface area contributed by atoms with Crippen LogP contribution in [0.4, 0.5) is 5.13 Å². The molecule has 17 heteroatoms. The number of hydrogen-bond donors (Lipinski definition) is 5. The first-order valence-electron chi connectivity index (χ1n) is 10.2. The van der Waals surface area contributed by atoms with Gasteiger partial charge in [-0.3, -0.25) is 13.9 Å².